The number of hydrogen-bond donors (Lipinski definition) is 1. The third kappa shape index (κ3) is 3.57. The Kier molecular flexibility index (Phi) is 4.52. The number of ether oxygens (including phenoxy) is 1. The Morgan fingerprint density at radius 2 is 1.95 bits per heavy atom. The number of methoxy groups -OCH3 is 1. The van der Waals surface area contributed by atoms with Gasteiger partial charge in [-0.1, -0.05) is 17.9 Å². The molecule has 0 fully saturated rings. The lowest BCUT2D eigenvalue weighted by atomic mass is 10.1. The molecule has 0 aliphatic carbocycles. The lowest BCUT2D eigenvalue weighted by Gasteiger charge is -2.02. The molecule has 2 rings (SSSR count). The highest BCUT2D eigenvalue weighted by Crippen LogP contribution is 2.11. The van der Waals surface area contributed by atoms with E-state index in [9.17, 15) is 4.79 Å². The summed E-state index contributed by atoms with van der Waals surface area (Å²) in [5.41, 5.74) is 2.95. The fraction of sp³-hybridized carbons (Fsp3) is 0.188. The number of carbonyl (C=O) groups excluding carboxylic acids is 1. The van der Waals surface area contributed by atoms with E-state index >= 15 is 0 Å². The molecule has 1 N–H and O–H groups in total. The molecular weight excluding hydrogens is 266 g/mol. The smallest absolute Gasteiger partial charge is 0.337 e. The second-order valence-electron chi connectivity index (χ2n) is 4.32. The van der Waals surface area contributed by atoms with Crippen molar-refractivity contribution in [1.82, 2.24) is 9.97 Å². The van der Waals surface area contributed by atoms with E-state index in [0.29, 0.717) is 17.1 Å². The standard InChI is InChI=1S/C16H15N3O2/c1-11-4-6-14(15(20)21-3)8-13(11)7-5-12-9-18-16(17-2)19-10-12/h4,6,8-10H,1-3H3,(H,17,18,19). The van der Waals surface area contributed by atoms with Crippen molar-refractivity contribution in [2.75, 3.05) is 19.5 Å². The highest BCUT2D eigenvalue weighted by atomic mass is 16.5. The maximum Gasteiger partial charge on any atom is 0.337 e. The molecule has 5 nitrogen and oxygen atoms in total. The molecule has 0 atom stereocenters. The third-order valence-electron chi connectivity index (χ3n) is 2.88. The molecule has 2 aromatic rings. The zero-order chi connectivity index (χ0) is 15.2. The molecule has 0 aliphatic rings. The zero-order valence-electron chi connectivity index (χ0n) is 12.1. The first-order chi connectivity index (χ1) is 10.1. The van der Waals surface area contributed by atoms with Gasteiger partial charge in [-0.3, -0.25) is 0 Å². The molecule has 1 aromatic carbocycles. The van der Waals surface area contributed by atoms with Crippen molar-refractivity contribution in [2.45, 2.75) is 6.92 Å². The predicted molar refractivity (Wildman–Crippen MR) is 80.1 cm³/mol. The fourth-order valence-electron chi connectivity index (χ4n) is 1.66. The number of hydrogen-bond acceptors (Lipinski definition) is 5. The highest BCUT2D eigenvalue weighted by molar-refractivity contribution is 5.89. The van der Waals surface area contributed by atoms with Gasteiger partial charge in [0.1, 0.15) is 0 Å². The number of esters is 1. The number of benzene rings is 1. The number of carbonyl (C=O) groups is 1. The first-order valence-corrected chi connectivity index (χ1v) is 6.35. The van der Waals surface area contributed by atoms with Gasteiger partial charge in [-0.05, 0) is 24.6 Å². The van der Waals surface area contributed by atoms with Crippen LogP contribution in [0.4, 0.5) is 5.95 Å². The minimum absolute atomic E-state index is 0.375. The minimum Gasteiger partial charge on any atom is -0.465 e. The van der Waals surface area contributed by atoms with Gasteiger partial charge < -0.3 is 10.1 Å². The van der Waals surface area contributed by atoms with E-state index in [1.165, 1.54) is 7.11 Å². The normalized spacial score (nSPS) is 9.48. The molecular formula is C16H15N3O2. The van der Waals surface area contributed by atoms with Crippen molar-refractivity contribution >= 4 is 11.9 Å². The maximum atomic E-state index is 11.5. The summed E-state index contributed by atoms with van der Waals surface area (Å²) in [5, 5.41) is 2.84. The minimum atomic E-state index is -0.375. The fourth-order valence-corrected chi connectivity index (χ4v) is 1.66. The Balaban J connectivity index is 2.30. The molecule has 0 bridgehead atoms. The van der Waals surface area contributed by atoms with E-state index in [-0.39, 0.29) is 5.97 Å². The van der Waals surface area contributed by atoms with Crippen LogP contribution < -0.4 is 5.32 Å². The van der Waals surface area contributed by atoms with Crippen LogP contribution in [-0.2, 0) is 4.74 Å². The molecule has 0 saturated heterocycles. The van der Waals surface area contributed by atoms with Gasteiger partial charge in [0.25, 0.3) is 0 Å². The van der Waals surface area contributed by atoms with Crippen LogP contribution in [0.15, 0.2) is 30.6 Å². The summed E-state index contributed by atoms with van der Waals surface area (Å²) in [5.74, 6) is 6.18. The third-order valence-corrected chi connectivity index (χ3v) is 2.88. The first-order valence-electron chi connectivity index (χ1n) is 6.35. The molecule has 0 unspecified atom stereocenters. The van der Waals surface area contributed by atoms with Gasteiger partial charge in [-0.2, -0.15) is 0 Å². The van der Waals surface area contributed by atoms with E-state index in [2.05, 4.69) is 27.1 Å². The second kappa shape index (κ2) is 6.53. The number of nitrogens with zero attached hydrogens (tertiary/aromatic N) is 2. The summed E-state index contributed by atoms with van der Waals surface area (Å²) < 4.78 is 4.71. The van der Waals surface area contributed by atoms with Crippen LogP contribution in [0.5, 0.6) is 0 Å². The Labute approximate surface area is 123 Å². The van der Waals surface area contributed by atoms with E-state index < -0.39 is 0 Å². The van der Waals surface area contributed by atoms with E-state index in [0.717, 1.165) is 11.1 Å². The molecule has 0 aliphatic heterocycles. The maximum absolute atomic E-state index is 11.5. The predicted octanol–water partition coefficient (Wildman–Crippen LogP) is 2.01. The molecule has 1 heterocycles. The molecule has 0 saturated carbocycles. The number of anilines is 1. The number of rotatable bonds is 2. The summed E-state index contributed by atoms with van der Waals surface area (Å²) >= 11 is 0. The Bertz CT molecular complexity index is 713. The number of aryl methyl sites for hydroxylation is 1. The van der Waals surface area contributed by atoms with Gasteiger partial charge in [0.15, 0.2) is 0 Å². The zero-order valence-corrected chi connectivity index (χ0v) is 12.1. The molecule has 0 radical (unpaired) electrons. The largest absolute Gasteiger partial charge is 0.465 e. The van der Waals surface area contributed by atoms with Gasteiger partial charge in [0.05, 0.1) is 18.2 Å². The second-order valence-corrected chi connectivity index (χ2v) is 4.32. The van der Waals surface area contributed by atoms with Crippen LogP contribution >= 0.6 is 0 Å². The van der Waals surface area contributed by atoms with Crippen molar-refractivity contribution in [1.29, 1.82) is 0 Å². The Hall–Kier alpha value is -2.87. The quantitative estimate of drug-likeness (QED) is 0.674. The van der Waals surface area contributed by atoms with Crippen LogP contribution in [0.25, 0.3) is 0 Å². The van der Waals surface area contributed by atoms with Gasteiger partial charge in [-0.25, -0.2) is 14.8 Å². The van der Waals surface area contributed by atoms with Gasteiger partial charge in [-0.15, -0.1) is 0 Å². The van der Waals surface area contributed by atoms with Gasteiger partial charge in [0.2, 0.25) is 5.95 Å². The van der Waals surface area contributed by atoms with Crippen molar-refractivity contribution < 1.29 is 9.53 Å². The average Bonchev–Trinajstić information content (AvgIpc) is 2.53. The van der Waals surface area contributed by atoms with E-state index in [1.54, 1.807) is 31.6 Å². The van der Waals surface area contributed by atoms with Crippen LogP contribution in [-0.4, -0.2) is 30.1 Å². The lowest BCUT2D eigenvalue weighted by molar-refractivity contribution is 0.0600. The topological polar surface area (TPSA) is 64.1 Å². The molecule has 106 valence electrons. The van der Waals surface area contributed by atoms with E-state index in [1.807, 2.05) is 13.0 Å². The van der Waals surface area contributed by atoms with E-state index in [4.69, 9.17) is 4.74 Å². The lowest BCUT2D eigenvalue weighted by Crippen LogP contribution is -2.01. The summed E-state index contributed by atoms with van der Waals surface area (Å²) in [6, 6.07) is 5.28. The Morgan fingerprint density at radius 3 is 2.57 bits per heavy atom. The summed E-state index contributed by atoms with van der Waals surface area (Å²) in [6.07, 6.45) is 3.29. The Morgan fingerprint density at radius 1 is 1.24 bits per heavy atom. The monoisotopic (exact) mass is 281 g/mol. The van der Waals surface area contributed by atoms with Crippen molar-refractivity contribution in [2.24, 2.45) is 0 Å². The van der Waals surface area contributed by atoms with Gasteiger partial charge >= 0.3 is 5.97 Å². The van der Waals surface area contributed by atoms with Crippen LogP contribution in [0.1, 0.15) is 27.0 Å². The number of nitrogens with one attached hydrogen (secondary N) is 1. The molecule has 5 heteroatoms. The summed E-state index contributed by atoms with van der Waals surface area (Å²) in [6.45, 7) is 1.94. The van der Waals surface area contributed by atoms with Crippen molar-refractivity contribution in [3.63, 3.8) is 0 Å². The van der Waals surface area contributed by atoms with Gasteiger partial charge in [0, 0.05) is 25.0 Å². The van der Waals surface area contributed by atoms with Crippen LogP contribution in [0.3, 0.4) is 0 Å². The average molecular weight is 281 g/mol. The highest BCUT2D eigenvalue weighted by Gasteiger charge is 2.06. The summed E-state index contributed by atoms with van der Waals surface area (Å²) in [7, 11) is 3.11. The molecule has 21 heavy (non-hydrogen) atoms. The van der Waals surface area contributed by atoms with Crippen molar-refractivity contribution in [3.05, 3.63) is 52.8 Å². The molecule has 0 spiro atoms. The molecule has 1 aromatic heterocycles. The summed E-state index contributed by atoms with van der Waals surface area (Å²) in [4.78, 5) is 19.7. The first kappa shape index (κ1) is 14.5. The van der Waals surface area contributed by atoms with Crippen LogP contribution in [0, 0.1) is 18.8 Å². The SMILES string of the molecule is CNc1ncc(C#Cc2cc(C(=O)OC)ccc2C)cn1. The number of aromatic nitrogens is 2. The molecule has 0 amide bonds. The van der Waals surface area contributed by atoms with Crippen molar-refractivity contribution in [3.8, 4) is 11.8 Å². The van der Waals surface area contributed by atoms with Crippen LogP contribution in [0.2, 0.25) is 0 Å².